The Bertz CT molecular complexity index is 449. The average molecular weight is 294 g/mol. The fourth-order valence-corrected chi connectivity index (χ4v) is 1.28. The van der Waals surface area contributed by atoms with Gasteiger partial charge in [0.15, 0.2) is 0 Å². The summed E-state index contributed by atoms with van der Waals surface area (Å²) >= 11 is 0. The van der Waals surface area contributed by atoms with Crippen LogP contribution in [-0.4, -0.2) is 30.7 Å². The second kappa shape index (κ2) is 7.12. The summed E-state index contributed by atoms with van der Waals surface area (Å²) < 4.78 is 25.8. The first-order valence-electron chi connectivity index (χ1n) is 5.20. The fourth-order valence-electron chi connectivity index (χ4n) is 0.752. The molecule has 1 aliphatic heterocycles. The van der Waals surface area contributed by atoms with Gasteiger partial charge in [0.05, 0.1) is 11.9 Å². The van der Waals surface area contributed by atoms with Crippen LogP contribution in [0.5, 0.6) is 0 Å². The van der Waals surface area contributed by atoms with Crippen molar-refractivity contribution in [3.63, 3.8) is 0 Å². The first-order valence-corrected chi connectivity index (χ1v) is 6.80. The highest BCUT2D eigenvalue weighted by atomic mass is 32.2. The van der Waals surface area contributed by atoms with Crippen molar-refractivity contribution in [2.24, 2.45) is 5.14 Å². The van der Waals surface area contributed by atoms with Crippen molar-refractivity contribution >= 4 is 16.1 Å². The van der Waals surface area contributed by atoms with Crippen molar-refractivity contribution in [3.8, 4) is 0 Å². The van der Waals surface area contributed by atoms with Crippen LogP contribution >= 0.6 is 0 Å². The molecule has 0 aromatic carbocycles. The zero-order valence-corrected chi connectivity index (χ0v) is 11.7. The molecule has 0 saturated carbocycles. The Balaban J connectivity index is 0.000000344. The van der Waals surface area contributed by atoms with E-state index in [1.54, 1.807) is 38.4 Å². The Morgan fingerprint density at radius 3 is 2.21 bits per heavy atom. The molecular formula is C10H18N2O6S. The van der Waals surface area contributed by atoms with Gasteiger partial charge in [0.1, 0.15) is 0 Å². The van der Waals surface area contributed by atoms with Crippen molar-refractivity contribution in [2.45, 2.75) is 31.8 Å². The number of nitrogens with one attached hydrogen (secondary N) is 1. The van der Waals surface area contributed by atoms with Crippen molar-refractivity contribution in [2.75, 3.05) is 0 Å². The molecule has 0 aromatic heterocycles. The molecule has 1 heterocycles. The molecule has 0 aliphatic carbocycles. The topological polar surface area (TPSA) is 128 Å². The second-order valence-corrected chi connectivity index (χ2v) is 6.07. The predicted octanol–water partition coefficient (Wildman–Crippen LogP) is 0.685. The van der Waals surface area contributed by atoms with E-state index in [0.29, 0.717) is 0 Å². The van der Waals surface area contributed by atoms with Gasteiger partial charge in [-0.3, -0.25) is 4.84 Å². The van der Waals surface area contributed by atoms with Gasteiger partial charge >= 0.3 is 6.09 Å². The van der Waals surface area contributed by atoms with Crippen LogP contribution in [0.3, 0.4) is 0 Å². The lowest BCUT2D eigenvalue weighted by Gasteiger charge is -2.16. The lowest BCUT2D eigenvalue weighted by molar-refractivity contribution is -0.0614. The van der Waals surface area contributed by atoms with E-state index in [4.69, 9.17) is 10.2 Å². The minimum atomic E-state index is -3.59. The SMILES string of the molecule is CC(C)(C)ONC(=O)O.NS(=O)(=O)C1C=CC=CO1. The molecule has 1 aliphatic rings. The average Bonchev–Trinajstić information content (AvgIpc) is 2.26. The number of primary sulfonamides is 1. The first kappa shape index (κ1) is 17.4. The van der Waals surface area contributed by atoms with E-state index < -0.39 is 27.2 Å². The Morgan fingerprint density at radius 1 is 1.42 bits per heavy atom. The predicted molar refractivity (Wildman–Crippen MR) is 68.3 cm³/mol. The molecule has 1 atom stereocenters. The lowest BCUT2D eigenvalue weighted by Crippen LogP contribution is -2.32. The van der Waals surface area contributed by atoms with Crippen molar-refractivity contribution < 1.29 is 27.9 Å². The highest BCUT2D eigenvalue weighted by molar-refractivity contribution is 7.89. The van der Waals surface area contributed by atoms with Crippen LogP contribution in [0.2, 0.25) is 0 Å². The molecule has 0 saturated heterocycles. The van der Waals surface area contributed by atoms with Crippen LogP contribution in [0.1, 0.15) is 20.8 Å². The summed E-state index contributed by atoms with van der Waals surface area (Å²) in [4.78, 5) is 14.5. The van der Waals surface area contributed by atoms with E-state index in [9.17, 15) is 13.2 Å². The van der Waals surface area contributed by atoms with Crippen LogP contribution in [0.25, 0.3) is 0 Å². The van der Waals surface area contributed by atoms with Crippen LogP contribution in [0, 0.1) is 0 Å². The number of hydroxylamine groups is 1. The quantitative estimate of drug-likeness (QED) is 0.643. The number of hydrogen-bond acceptors (Lipinski definition) is 5. The zero-order chi connectivity index (χ0) is 15.1. The van der Waals surface area contributed by atoms with Gasteiger partial charge in [-0.1, -0.05) is 6.08 Å². The number of allylic oxidation sites excluding steroid dienone is 2. The standard InChI is InChI=1S/C5H7NO3S.C5H11NO3/c6-10(7,8)5-3-1-2-4-9-5;1-5(2,3)9-6-4(7)8/h1-5H,(H2,6,7,8);6H,1-3H3,(H,7,8). The molecule has 9 heteroatoms. The summed E-state index contributed by atoms with van der Waals surface area (Å²) in [7, 11) is -3.59. The van der Waals surface area contributed by atoms with E-state index in [-0.39, 0.29) is 0 Å². The number of ether oxygens (including phenoxy) is 1. The molecule has 1 rings (SSSR count). The minimum absolute atomic E-state index is 0.460. The Morgan fingerprint density at radius 2 is 2.00 bits per heavy atom. The largest absolute Gasteiger partial charge is 0.477 e. The highest BCUT2D eigenvalue weighted by Gasteiger charge is 2.18. The molecular weight excluding hydrogens is 276 g/mol. The van der Waals surface area contributed by atoms with Gasteiger partial charge in [-0.25, -0.2) is 18.4 Å². The molecule has 0 spiro atoms. The minimum Gasteiger partial charge on any atom is -0.477 e. The van der Waals surface area contributed by atoms with Gasteiger partial charge in [-0.05, 0) is 32.9 Å². The summed E-state index contributed by atoms with van der Waals surface area (Å²) in [5.41, 5.74) is 0.326. The number of amides is 1. The van der Waals surface area contributed by atoms with Crippen LogP contribution in [-0.2, 0) is 19.6 Å². The van der Waals surface area contributed by atoms with Crippen LogP contribution < -0.4 is 10.6 Å². The van der Waals surface area contributed by atoms with E-state index in [0.717, 1.165) is 0 Å². The number of sulfonamides is 1. The molecule has 4 N–H and O–H groups in total. The monoisotopic (exact) mass is 294 g/mol. The van der Waals surface area contributed by atoms with Crippen LogP contribution in [0.15, 0.2) is 24.5 Å². The molecule has 110 valence electrons. The molecule has 8 nitrogen and oxygen atoms in total. The number of rotatable bonds is 2. The summed E-state index contributed by atoms with van der Waals surface area (Å²) in [5, 5.41) is 12.8. The third-order valence-electron chi connectivity index (χ3n) is 1.44. The maximum Gasteiger partial charge on any atom is 0.428 e. The molecule has 0 aromatic rings. The maximum atomic E-state index is 10.6. The highest BCUT2D eigenvalue weighted by Crippen LogP contribution is 2.05. The second-order valence-electron chi connectivity index (χ2n) is 4.43. The summed E-state index contributed by atoms with van der Waals surface area (Å²) in [5.74, 6) is 0. The van der Waals surface area contributed by atoms with E-state index >= 15 is 0 Å². The third-order valence-corrected chi connectivity index (χ3v) is 2.35. The van der Waals surface area contributed by atoms with Crippen molar-refractivity contribution in [1.82, 2.24) is 5.48 Å². The molecule has 0 bridgehead atoms. The molecule has 1 amide bonds. The Hall–Kier alpha value is -1.58. The van der Waals surface area contributed by atoms with Gasteiger partial charge in [-0.2, -0.15) is 5.48 Å². The number of nitrogens with two attached hydrogens (primary N) is 1. The van der Waals surface area contributed by atoms with E-state index in [1.807, 2.05) is 0 Å². The molecule has 19 heavy (non-hydrogen) atoms. The number of hydrogen-bond donors (Lipinski definition) is 3. The number of carboxylic acid groups (broad SMARTS) is 1. The normalized spacial score (nSPS) is 18.0. The first-order chi connectivity index (χ1) is 8.52. The molecule has 0 radical (unpaired) electrons. The Labute approximate surface area is 111 Å². The van der Waals surface area contributed by atoms with Gasteiger partial charge in [0, 0.05) is 0 Å². The number of carbonyl (C=O) groups is 1. The lowest BCUT2D eigenvalue weighted by atomic mass is 10.2. The maximum absolute atomic E-state index is 10.6. The van der Waals surface area contributed by atoms with Gasteiger partial charge in [-0.15, -0.1) is 0 Å². The molecule has 1 unspecified atom stereocenters. The molecule has 0 fully saturated rings. The van der Waals surface area contributed by atoms with Crippen molar-refractivity contribution in [1.29, 1.82) is 0 Å². The van der Waals surface area contributed by atoms with Crippen molar-refractivity contribution in [3.05, 3.63) is 24.5 Å². The van der Waals surface area contributed by atoms with Gasteiger partial charge < -0.3 is 9.84 Å². The van der Waals surface area contributed by atoms with Gasteiger partial charge in [0.2, 0.25) is 5.44 Å². The van der Waals surface area contributed by atoms with Gasteiger partial charge in [0.25, 0.3) is 10.0 Å². The summed E-state index contributed by atoms with van der Waals surface area (Å²) in [6.07, 6.45) is 4.63. The van der Waals surface area contributed by atoms with E-state index in [1.165, 1.54) is 12.3 Å². The summed E-state index contributed by atoms with van der Waals surface area (Å²) in [6.45, 7) is 5.26. The van der Waals surface area contributed by atoms with Crippen LogP contribution in [0.4, 0.5) is 4.79 Å². The summed E-state index contributed by atoms with van der Waals surface area (Å²) in [6, 6.07) is 0. The zero-order valence-electron chi connectivity index (χ0n) is 10.9. The smallest absolute Gasteiger partial charge is 0.428 e. The Kier molecular flexibility index (Phi) is 6.53. The third kappa shape index (κ3) is 10.1. The van der Waals surface area contributed by atoms with E-state index in [2.05, 4.69) is 9.57 Å². The fraction of sp³-hybridized carbons (Fsp3) is 0.500.